The molecule has 1 saturated carbocycles. The fourth-order valence-electron chi connectivity index (χ4n) is 4.71. The Hall–Kier alpha value is -4.33. The Labute approximate surface area is 223 Å². The second-order valence-corrected chi connectivity index (χ2v) is 10.9. The summed E-state index contributed by atoms with van der Waals surface area (Å²) in [5.41, 5.74) is 5.04. The van der Waals surface area contributed by atoms with Crippen LogP contribution in [0, 0.1) is 0 Å². The Morgan fingerprint density at radius 1 is 1.15 bits per heavy atom. The second-order valence-electron chi connectivity index (χ2n) is 9.74. The fourth-order valence-corrected chi connectivity index (χ4v) is 5.73. The lowest BCUT2D eigenvalue weighted by Crippen LogP contribution is -2.36. The molecule has 0 saturated heterocycles. The SMILES string of the molecule is C[C@@H]1C[C@@H](C(=O)NCc2cc3cnc(N)cc3s2)n2c1ncc(NC(=O)c1cnc(C3CC3(F)F)nc1)c2=O. The first kappa shape index (κ1) is 25.0. The Balaban J connectivity index is 1.17. The molecule has 0 aromatic carbocycles. The van der Waals surface area contributed by atoms with Crippen LogP contribution < -0.4 is 21.9 Å². The molecule has 0 radical (unpaired) electrons. The molecule has 3 atom stereocenters. The number of alkyl halides is 2. The summed E-state index contributed by atoms with van der Waals surface area (Å²) in [6.07, 6.45) is 5.26. The topological polar surface area (TPSA) is 158 Å². The van der Waals surface area contributed by atoms with E-state index in [-0.39, 0.29) is 41.9 Å². The van der Waals surface area contributed by atoms with Crippen molar-refractivity contribution in [1.82, 2.24) is 29.8 Å². The van der Waals surface area contributed by atoms with Gasteiger partial charge in [0.05, 0.1) is 24.2 Å². The number of nitrogens with two attached hydrogens (primary N) is 1. The number of nitrogen functional groups attached to an aromatic ring is 1. The summed E-state index contributed by atoms with van der Waals surface area (Å²) >= 11 is 1.49. The van der Waals surface area contributed by atoms with Gasteiger partial charge in [0.2, 0.25) is 5.91 Å². The zero-order chi connectivity index (χ0) is 27.5. The third-order valence-electron chi connectivity index (χ3n) is 6.88. The zero-order valence-electron chi connectivity index (χ0n) is 20.5. The first-order valence-electron chi connectivity index (χ1n) is 12.1. The minimum Gasteiger partial charge on any atom is -0.384 e. The predicted octanol–water partition coefficient (Wildman–Crippen LogP) is 2.96. The normalized spacial score (nSPS) is 20.9. The van der Waals surface area contributed by atoms with Crippen molar-refractivity contribution in [3.63, 3.8) is 0 Å². The molecule has 0 spiro atoms. The Bertz CT molecular complexity index is 1690. The van der Waals surface area contributed by atoms with Gasteiger partial charge in [0, 0.05) is 45.9 Å². The molecule has 1 unspecified atom stereocenters. The molecule has 6 rings (SSSR count). The molecule has 0 bridgehead atoms. The summed E-state index contributed by atoms with van der Waals surface area (Å²) in [7, 11) is 0. The molecule has 2 aliphatic rings. The van der Waals surface area contributed by atoms with Gasteiger partial charge in [-0.1, -0.05) is 6.92 Å². The summed E-state index contributed by atoms with van der Waals surface area (Å²) in [6, 6.07) is 2.89. The van der Waals surface area contributed by atoms with E-state index in [4.69, 9.17) is 5.73 Å². The second kappa shape index (κ2) is 9.15. The number of thiophene rings is 1. The molecule has 11 nitrogen and oxygen atoms in total. The predicted molar refractivity (Wildman–Crippen MR) is 139 cm³/mol. The largest absolute Gasteiger partial charge is 0.384 e. The maximum atomic E-state index is 13.3. The number of hydrogen-bond donors (Lipinski definition) is 3. The number of hydrogen-bond acceptors (Lipinski definition) is 9. The maximum Gasteiger partial charge on any atom is 0.278 e. The van der Waals surface area contributed by atoms with Gasteiger partial charge in [-0.05, 0) is 18.6 Å². The van der Waals surface area contributed by atoms with Crippen LogP contribution in [0.25, 0.3) is 10.1 Å². The molecular formula is C25H22F2N8O3S. The maximum absolute atomic E-state index is 13.3. The summed E-state index contributed by atoms with van der Waals surface area (Å²) in [6.45, 7) is 2.13. The zero-order valence-corrected chi connectivity index (χ0v) is 21.3. The highest BCUT2D eigenvalue weighted by atomic mass is 32.1. The molecule has 2 amide bonds. The number of anilines is 2. The highest BCUT2D eigenvalue weighted by Crippen LogP contribution is 2.54. The van der Waals surface area contributed by atoms with Crippen LogP contribution in [0.3, 0.4) is 0 Å². The first-order valence-corrected chi connectivity index (χ1v) is 13.0. The number of pyridine rings is 1. The molecular weight excluding hydrogens is 530 g/mol. The number of aromatic nitrogens is 5. The third-order valence-corrected chi connectivity index (χ3v) is 7.98. The van der Waals surface area contributed by atoms with Crippen LogP contribution >= 0.6 is 11.3 Å². The van der Waals surface area contributed by atoms with Crippen molar-refractivity contribution in [2.75, 3.05) is 11.1 Å². The number of rotatable bonds is 6. The smallest absolute Gasteiger partial charge is 0.278 e. The van der Waals surface area contributed by atoms with Crippen molar-refractivity contribution < 1.29 is 18.4 Å². The van der Waals surface area contributed by atoms with Crippen molar-refractivity contribution in [2.45, 2.75) is 50.1 Å². The van der Waals surface area contributed by atoms with Crippen LogP contribution in [0.1, 0.15) is 64.5 Å². The molecule has 200 valence electrons. The van der Waals surface area contributed by atoms with Crippen LogP contribution in [0.15, 0.2) is 41.7 Å². The molecule has 1 aliphatic carbocycles. The minimum atomic E-state index is -2.82. The fraction of sp³-hybridized carbons (Fsp3) is 0.320. The van der Waals surface area contributed by atoms with Gasteiger partial charge < -0.3 is 16.4 Å². The monoisotopic (exact) mass is 552 g/mol. The van der Waals surface area contributed by atoms with Gasteiger partial charge in [0.1, 0.15) is 29.2 Å². The Morgan fingerprint density at radius 3 is 2.62 bits per heavy atom. The number of carbonyl (C=O) groups excluding carboxylic acids is 2. The molecule has 4 N–H and O–H groups in total. The van der Waals surface area contributed by atoms with E-state index in [0.29, 0.717) is 18.1 Å². The standard InChI is InChI=1S/C25H22F2N8O3S/c1-11-2-17(23(37)33-9-14-3-12-6-29-19(28)4-18(12)39-14)35-21(11)32-10-16(24(35)38)34-22(36)13-7-30-20(31-8-13)15-5-25(15,26)27/h3-4,6-8,10-11,15,17H,2,5,9H2,1H3,(H2,28,29)(H,33,37)(H,34,36)/t11-,15?,17+/m1/s1. The summed E-state index contributed by atoms with van der Waals surface area (Å²) < 4.78 is 28.8. The number of nitrogens with zero attached hydrogens (tertiary/aromatic N) is 5. The van der Waals surface area contributed by atoms with Gasteiger partial charge in [-0.25, -0.2) is 28.7 Å². The van der Waals surface area contributed by atoms with E-state index in [1.54, 1.807) is 12.3 Å². The lowest BCUT2D eigenvalue weighted by molar-refractivity contribution is -0.124. The van der Waals surface area contributed by atoms with Gasteiger partial charge in [0.15, 0.2) is 0 Å². The Morgan fingerprint density at radius 2 is 1.90 bits per heavy atom. The van der Waals surface area contributed by atoms with E-state index in [0.717, 1.165) is 27.4 Å². The number of fused-ring (bicyclic) bond motifs is 2. The van der Waals surface area contributed by atoms with Gasteiger partial charge in [-0.15, -0.1) is 11.3 Å². The quantitative estimate of drug-likeness (QED) is 0.329. The molecule has 5 heterocycles. The van der Waals surface area contributed by atoms with Gasteiger partial charge in [-0.3, -0.25) is 19.0 Å². The number of nitrogens with one attached hydrogen (secondary N) is 2. The van der Waals surface area contributed by atoms with Crippen molar-refractivity contribution in [1.29, 1.82) is 0 Å². The summed E-state index contributed by atoms with van der Waals surface area (Å²) in [5, 5.41) is 6.29. The first-order chi connectivity index (χ1) is 18.6. The summed E-state index contributed by atoms with van der Waals surface area (Å²) in [5.74, 6) is -4.23. The number of carbonyl (C=O) groups is 2. The van der Waals surface area contributed by atoms with Crippen LogP contribution in [0.2, 0.25) is 0 Å². The minimum absolute atomic E-state index is 0.00410. The van der Waals surface area contributed by atoms with E-state index in [1.807, 2.05) is 13.0 Å². The average molecular weight is 553 g/mol. The number of halogens is 2. The van der Waals surface area contributed by atoms with Gasteiger partial charge in [0.25, 0.3) is 17.4 Å². The van der Waals surface area contributed by atoms with Crippen molar-refractivity contribution >= 4 is 44.7 Å². The molecule has 39 heavy (non-hydrogen) atoms. The Kier molecular flexibility index (Phi) is 5.86. The lowest BCUT2D eigenvalue weighted by Gasteiger charge is -2.15. The van der Waals surface area contributed by atoms with Crippen LogP contribution in [-0.4, -0.2) is 42.2 Å². The van der Waals surface area contributed by atoms with E-state index >= 15 is 0 Å². The number of amides is 2. The van der Waals surface area contributed by atoms with E-state index in [1.165, 1.54) is 22.1 Å². The molecule has 14 heteroatoms. The van der Waals surface area contributed by atoms with Crippen LogP contribution in [0.4, 0.5) is 20.3 Å². The van der Waals surface area contributed by atoms with Gasteiger partial charge in [-0.2, -0.15) is 0 Å². The van der Waals surface area contributed by atoms with E-state index in [2.05, 4.69) is 30.6 Å². The van der Waals surface area contributed by atoms with Gasteiger partial charge >= 0.3 is 0 Å². The third kappa shape index (κ3) is 4.60. The van der Waals surface area contributed by atoms with Crippen molar-refractivity contribution in [3.05, 3.63) is 69.4 Å². The van der Waals surface area contributed by atoms with Crippen LogP contribution in [0.5, 0.6) is 0 Å². The molecule has 1 aliphatic heterocycles. The van der Waals surface area contributed by atoms with E-state index < -0.39 is 29.3 Å². The molecule has 1 fully saturated rings. The lowest BCUT2D eigenvalue weighted by atomic mass is 10.1. The highest BCUT2D eigenvalue weighted by molar-refractivity contribution is 7.19. The molecule has 4 aromatic rings. The van der Waals surface area contributed by atoms with E-state index in [9.17, 15) is 23.2 Å². The highest BCUT2D eigenvalue weighted by Gasteiger charge is 2.59. The molecule has 4 aromatic heterocycles. The van der Waals surface area contributed by atoms with Crippen molar-refractivity contribution in [3.8, 4) is 0 Å². The average Bonchev–Trinajstić information content (AvgIpc) is 3.21. The summed E-state index contributed by atoms with van der Waals surface area (Å²) in [4.78, 5) is 56.3. The van der Waals surface area contributed by atoms with Crippen molar-refractivity contribution in [2.24, 2.45) is 0 Å². The van der Waals surface area contributed by atoms with Crippen LogP contribution in [-0.2, 0) is 11.3 Å².